The van der Waals surface area contributed by atoms with Crippen LogP contribution in [0.3, 0.4) is 0 Å². The smallest absolute Gasteiger partial charge is 0.114 e. The SMILES string of the molecule is CCCCCCc1ccc(CO[P+](=O)OCc2ccc(CCCCCC)c(CC)c2CC)c(CC)c1CC. The standard InChI is InChI=1S/C34H54O3P/c1-7-13-15-17-19-27-21-23-29(33(11-5)31(27)9-3)25-36-38(35)37-26-30-24-22-28(20-18-16-14-8-2)32(10-4)34(30)12-6/h21-24H,7-20,25-26H2,1-6H3/q+1. The fourth-order valence-electron chi connectivity index (χ4n) is 5.85. The molecule has 4 heteroatoms. The minimum atomic E-state index is -2.18. The molecule has 0 saturated carbocycles. The Labute approximate surface area is 235 Å². The second-order valence-corrected chi connectivity index (χ2v) is 11.5. The molecule has 0 spiro atoms. The van der Waals surface area contributed by atoms with Crippen molar-refractivity contribution in [3.63, 3.8) is 0 Å². The number of rotatable bonds is 20. The molecular weight excluding hydrogens is 487 g/mol. The maximum atomic E-state index is 12.7. The van der Waals surface area contributed by atoms with Crippen molar-refractivity contribution in [2.75, 3.05) is 0 Å². The first-order valence-electron chi connectivity index (χ1n) is 15.5. The predicted molar refractivity (Wildman–Crippen MR) is 163 cm³/mol. The molecule has 0 aromatic heterocycles. The van der Waals surface area contributed by atoms with Crippen LogP contribution in [-0.4, -0.2) is 0 Å². The van der Waals surface area contributed by atoms with Crippen molar-refractivity contribution in [3.05, 3.63) is 68.8 Å². The van der Waals surface area contributed by atoms with Gasteiger partial charge in [-0.25, -0.2) is 0 Å². The van der Waals surface area contributed by atoms with Crippen molar-refractivity contribution in [2.45, 2.75) is 145 Å². The molecule has 3 nitrogen and oxygen atoms in total. The molecule has 2 aromatic carbocycles. The lowest BCUT2D eigenvalue weighted by Crippen LogP contribution is -2.05. The van der Waals surface area contributed by atoms with Crippen LogP contribution in [0.2, 0.25) is 0 Å². The average Bonchev–Trinajstić information content (AvgIpc) is 2.94. The van der Waals surface area contributed by atoms with E-state index in [1.165, 1.54) is 84.7 Å². The van der Waals surface area contributed by atoms with E-state index in [0.717, 1.165) is 49.7 Å². The maximum Gasteiger partial charge on any atom is 0.698 e. The monoisotopic (exact) mass is 541 g/mol. The summed E-state index contributed by atoms with van der Waals surface area (Å²) in [5.74, 6) is 0. The van der Waals surface area contributed by atoms with Crippen LogP contribution in [0.4, 0.5) is 0 Å². The molecular formula is C34H54O3P+. The third-order valence-electron chi connectivity index (χ3n) is 7.91. The van der Waals surface area contributed by atoms with Gasteiger partial charge in [0.1, 0.15) is 13.2 Å². The Balaban J connectivity index is 2.01. The first-order chi connectivity index (χ1) is 18.5. The van der Waals surface area contributed by atoms with E-state index in [1.54, 1.807) is 0 Å². The molecule has 212 valence electrons. The van der Waals surface area contributed by atoms with Crippen LogP contribution >= 0.6 is 8.25 Å². The lowest BCUT2D eigenvalue weighted by atomic mass is 9.90. The molecule has 0 aliphatic rings. The molecule has 38 heavy (non-hydrogen) atoms. The van der Waals surface area contributed by atoms with E-state index < -0.39 is 8.25 Å². The minimum Gasteiger partial charge on any atom is -0.114 e. The zero-order chi connectivity index (χ0) is 27.8. The van der Waals surface area contributed by atoms with Gasteiger partial charge < -0.3 is 0 Å². The summed E-state index contributed by atoms with van der Waals surface area (Å²) in [5, 5.41) is 0. The molecule has 0 radical (unpaired) electrons. The Morgan fingerprint density at radius 1 is 0.500 bits per heavy atom. The highest BCUT2D eigenvalue weighted by molar-refractivity contribution is 7.33. The summed E-state index contributed by atoms with van der Waals surface area (Å²) >= 11 is 0. The first-order valence-corrected chi connectivity index (χ1v) is 16.6. The lowest BCUT2D eigenvalue weighted by Gasteiger charge is -2.16. The third kappa shape index (κ3) is 9.89. The molecule has 0 aliphatic carbocycles. The van der Waals surface area contributed by atoms with Crippen molar-refractivity contribution in [2.24, 2.45) is 0 Å². The van der Waals surface area contributed by atoms with Crippen molar-refractivity contribution in [3.8, 4) is 0 Å². The van der Waals surface area contributed by atoms with E-state index in [9.17, 15) is 4.57 Å². The van der Waals surface area contributed by atoms with Gasteiger partial charge in [0.15, 0.2) is 0 Å². The summed E-state index contributed by atoms with van der Waals surface area (Å²) in [6.45, 7) is 14.1. The molecule has 0 aliphatic heterocycles. The number of hydrogen-bond donors (Lipinski definition) is 0. The topological polar surface area (TPSA) is 35.5 Å². The summed E-state index contributed by atoms with van der Waals surface area (Å²) in [4.78, 5) is 0. The summed E-state index contributed by atoms with van der Waals surface area (Å²) in [6, 6.07) is 8.89. The van der Waals surface area contributed by atoms with Gasteiger partial charge in [-0.05, 0) is 95.9 Å². The highest BCUT2D eigenvalue weighted by Gasteiger charge is 2.23. The second-order valence-electron chi connectivity index (χ2n) is 10.5. The molecule has 0 amide bonds. The van der Waals surface area contributed by atoms with Gasteiger partial charge in [-0.15, -0.1) is 9.05 Å². The van der Waals surface area contributed by atoms with E-state index in [0.29, 0.717) is 13.2 Å². The van der Waals surface area contributed by atoms with Crippen LogP contribution in [0.25, 0.3) is 0 Å². The Morgan fingerprint density at radius 3 is 1.18 bits per heavy atom. The Hall–Kier alpha value is -1.54. The first kappa shape index (κ1) is 32.7. The zero-order valence-electron chi connectivity index (χ0n) is 25.3. The Bertz CT molecular complexity index is 905. The van der Waals surface area contributed by atoms with Crippen molar-refractivity contribution < 1.29 is 13.6 Å². The average molecular weight is 542 g/mol. The van der Waals surface area contributed by atoms with Crippen molar-refractivity contribution in [1.29, 1.82) is 0 Å². The number of unbranched alkanes of at least 4 members (excludes halogenated alkanes) is 6. The number of hydrogen-bond acceptors (Lipinski definition) is 3. The van der Waals surface area contributed by atoms with Gasteiger partial charge in [-0.2, -0.15) is 0 Å². The highest BCUT2D eigenvalue weighted by Crippen LogP contribution is 2.32. The van der Waals surface area contributed by atoms with E-state index in [-0.39, 0.29) is 0 Å². The van der Waals surface area contributed by atoms with Gasteiger partial charge >= 0.3 is 8.25 Å². The maximum absolute atomic E-state index is 12.7. The largest absolute Gasteiger partial charge is 0.698 e. The van der Waals surface area contributed by atoms with Crippen LogP contribution in [0.5, 0.6) is 0 Å². The molecule has 0 bridgehead atoms. The lowest BCUT2D eigenvalue weighted by molar-refractivity contribution is 0.212. The highest BCUT2D eigenvalue weighted by atomic mass is 31.1. The van der Waals surface area contributed by atoms with Crippen molar-refractivity contribution >= 4 is 8.25 Å². The van der Waals surface area contributed by atoms with Gasteiger partial charge in [0, 0.05) is 4.57 Å². The van der Waals surface area contributed by atoms with E-state index in [4.69, 9.17) is 9.05 Å². The van der Waals surface area contributed by atoms with Gasteiger partial charge in [-0.3, -0.25) is 0 Å². The van der Waals surface area contributed by atoms with Gasteiger partial charge in [0.2, 0.25) is 0 Å². The van der Waals surface area contributed by atoms with Gasteiger partial charge in [-0.1, -0.05) is 104 Å². The molecule has 0 atom stereocenters. The van der Waals surface area contributed by atoms with E-state index in [2.05, 4.69) is 65.8 Å². The number of benzene rings is 2. The molecule has 0 heterocycles. The normalized spacial score (nSPS) is 11.3. The molecule has 0 saturated heterocycles. The molecule has 0 unspecified atom stereocenters. The fourth-order valence-corrected chi connectivity index (χ4v) is 6.41. The minimum absolute atomic E-state index is 0.332. The second kappa shape index (κ2) is 18.7. The molecule has 0 N–H and O–H groups in total. The summed E-state index contributed by atoms with van der Waals surface area (Å²) in [5.41, 5.74) is 10.9. The van der Waals surface area contributed by atoms with E-state index in [1.807, 2.05) is 0 Å². The molecule has 2 aromatic rings. The molecule has 2 rings (SSSR count). The Morgan fingerprint density at radius 2 is 0.842 bits per heavy atom. The van der Waals surface area contributed by atoms with Crippen LogP contribution in [0.15, 0.2) is 24.3 Å². The summed E-state index contributed by atoms with van der Waals surface area (Å²) < 4.78 is 24.3. The predicted octanol–water partition coefficient (Wildman–Crippen LogP) is 10.6. The zero-order valence-corrected chi connectivity index (χ0v) is 26.2. The van der Waals surface area contributed by atoms with Crippen LogP contribution in [-0.2, 0) is 65.4 Å². The Kier molecular flexibility index (Phi) is 16.1. The molecule has 0 fully saturated rings. The van der Waals surface area contributed by atoms with Gasteiger partial charge in [0.25, 0.3) is 0 Å². The van der Waals surface area contributed by atoms with E-state index >= 15 is 0 Å². The van der Waals surface area contributed by atoms with Crippen molar-refractivity contribution in [1.82, 2.24) is 0 Å². The van der Waals surface area contributed by atoms with Gasteiger partial charge in [0.05, 0.1) is 0 Å². The van der Waals surface area contributed by atoms with Crippen LogP contribution < -0.4 is 0 Å². The summed E-state index contributed by atoms with van der Waals surface area (Å²) in [7, 11) is -2.18. The summed E-state index contributed by atoms with van der Waals surface area (Å²) in [6.07, 6.45) is 16.5. The third-order valence-corrected chi connectivity index (χ3v) is 8.59. The quantitative estimate of drug-likeness (QED) is 0.123. The fraction of sp³-hybridized carbons (Fsp3) is 0.647. The number of aryl methyl sites for hydroxylation is 2. The van der Waals surface area contributed by atoms with Crippen LogP contribution in [0, 0.1) is 0 Å². The van der Waals surface area contributed by atoms with Crippen LogP contribution in [0.1, 0.15) is 137 Å².